The first-order valence-corrected chi connectivity index (χ1v) is 10.4. The molecule has 128 valence electrons. The van der Waals surface area contributed by atoms with E-state index < -0.39 is 0 Å². The summed E-state index contributed by atoms with van der Waals surface area (Å²) in [5.74, 6) is 1.12. The fraction of sp³-hybridized carbons (Fsp3) is 0.143. The van der Waals surface area contributed by atoms with Crippen molar-refractivity contribution in [3.63, 3.8) is 0 Å². The molecule has 1 aliphatic heterocycles. The van der Waals surface area contributed by atoms with Crippen LogP contribution in [0.25, 0.3) is 28.0 Å². The van der Waals surface area contributed by atoms with Crippen LogP contribution in [-0.4, -0.2) is 20.5 Å². The smallest absolute Gasteiger partial charge is 0.164 e. The number of nitrogens with zero attached hydrogens (tertiary/aromatic N) is 3. The van der Waals surface area contributed by atoms with Crippen molar-refractivity contribution in [3.05, 3.63) is 70.3 Å². The fourth-order valence-corrected chi connectivity index (χ4v) is 5.06. The van der Waals surface area contributed by atoms with Gasteiger partial charge in [0, 0.05) is 26.4 Å². The molecule has 0 bridgehead atoms. The minimum absolute atomic E-state index is 0.944. The van der Waals surface area contributed by atoms with Crippen molar-refractivity contribution in [1.82, 2.24) is 14.8 Å². The largest absolute Gasteiger partial charge is 0.233 e. The van der Waals surface area contributed by atoms with Crippen LogP contribution in [0.3, 0.4) is 0 Å². The Bertz CT molecular complexity index is 1120. The highest BCUT2D eigenvalue weighted by Gasteiger charge is 2.25. The minimum atomic E-state index is 0.944. The Kier molecular flexibility index (Phi) is 3.87. The molecule has 1 aliphatic rings. The van der Waals surface area contributed by atoms with E-state index in [0.717, 1.165) is 44.9 Å². The third-order valence-electron chi connectivity index (χ3n) is 4.79. The van der Waals surface area contributed by atoms with E-state index in [2.05, 4.69) is 59.3 Å². The Labute approximate surface area is 164 Å². The highest BCUT2D eigenvalue weighted by Crippen LogP contribution is 2.42. The normalized spacial score (nSPS) is 13.3. The van der Waals surface area contributed by atoms with Gasteiger partial charge in [0.1, 0.15) is 5.69 Å². The van der Waals surface area contributed by atoms with Crippen molar-refractivity contribution in [1.29, 1.82) is 0 Å². The van der Waals surface area contributed by atoms with Gasteiger partial charge in [-0.05, 0) is 43.2 Å². The van der Waals surface area contributed by atoms with Crippen molar-refractivity contribution in [2.24, 2.45) is 0 Å². The summed E-state index contributed by atoms with van der Waals surface area (Å²) in [5, 5.41) is 6.18. The zero-order chi connectivity index (χ0) is 17.7. The number of fused-ring (bicyclic) bond motifs is 3. The first kappa shape index (κ1) is 16.1. The number of aryl methyl sites for hydroxylation is 1. The van der Waals surface area contributed by atoms with E-state index in [0.29, 0.717) is 0 Å². The third-order valence-corrected chi connectivity index (χ3v) is 6.47. The quantitative estimate of drug-likeness (QED) is 0.409. The van der Waals surface area contributed by atoms with Crippen LogP contribution < -0.4 is 0 Å². The van der Waals surface area contributed by atoms with Crippen molar-refractivity contribution in [3.8, 4) is 16.9 Å². The lowest BCUT2D eigenvalue weighted by molar-refractivity contribution is 0.895. The van der Waals surface area contributed by atoms with Crippen molar-refractivity contribution >= 4 is 38.7 Å². The molecule has 2 aromatic carbocycles. The van der Waals surface area contributed by atoms with E-state index in [1.807, 2.05) is 34.6 Å². The van der Waals surface area contributed by atoms with Crippen LogP contribution in [0, 0.1) is 6.92 Å². The second kappa shape index (κ2) is 6.25. The number of hydrogen-bond donors (Lipinski definition) is 0. The van der Waals surface area contributed by atoms with E-state index in [4.69, 9.17) is 10.1 Å². The maximum absolute atomic E-state index is 5.00. The van der Waals surface area contributed by atoms with Crippen LogP contribution in [0.2, 0.25) is 0 Å². The predicted octanol–water partition coefficient (Wildman–Crippen LogP) is 5.81. The molecule has 0 saturated carbocycles. The molecule has 0 aliphatic carbocycles. The summed E-state index contributed by atoms with van der Waals surface area (Å²) in [6.07, 6.45) is 1.09. The number of rotatable bonds is 2. The number of hydrogen-bond acceptors (Lipinski definition) is 3. The van der Waals surface area contributed by atoms with E-state index in [9.17, 15) is 0 Å². The molecule has 0 atom stereocenters. The van der Waals surface area contributed by atoms with Crippen LogP contribution in [-0.2, 0) is 6.42 Å². The van der Waals surface area contributed by atoms with Gasteiger partial charge in [-0.1, -0.05) is 46.3 Å². The molecule has 0 fully saturated rings. The second-order valence-corrected chi connectivity index (χ2v) is 8.43. The average molecular weight is 422 g/mol. The fourth-order valence-electron chi connectivity index (χ4n) is 3.53. The summed E-state index contributed by atoms with van der Waals surface area (Å²) >= 11 is 5.46. The van der Waals surface area contributed by atoms with Gasteiger partial charge in [0.25, 0.3) is 0 Å². The van der Waals surface area contributed by atoms with Gasteiger partial charge in [-0.15, -0.1) is 11.8 Å². The minimum Gasteiger partial charge on any atom is -0.233 e. The molecule has 4 aromatic rings. The van der Waals surface area contributed by atoms with E-state index in [1.165, 1.54) is 15.8 Å². The SMILES string of the molecule is Cc1nc2c(c(-c3ccc(Br)cc3)nn2-c2ccccc2)c2c1CCS2. The Morgan fingerprint density at radius 3 is 2.58 bits per heavy atom. The van der Waals surface area contributed by atoms with Crippen LogP contribution >= 0.6 is 27.7 Å². The van der Waals surface area contributed by atoms with Crippen LogP contribution in [0.1, 0.15) is 11.3 Å². The van der Waals surface area contributed by atoms with Gasteiger partial charge in [0.2, 0.25) is 0 Å². The summed E-state index contributed by atoms with van der Waals surface area (Å²) in [6.45, 7) is 2.12. The van der Waals surface area contributed by atoms with Gasteiger partial charge in [0.05, 0.1) is 11.1 Å². The van der Waals surface area contributed by atoms with E-state index >= 15 is 0 Å². The van der Waals surface area contributed by atoms with Gasteiger partial charge in [-0.25, -0.2) is 9.67 Å². The summed E-state index contributed by atoms with van der Waals surface area (Å²) in [5.41, 5.74) is 6.61. The summed E-state index contributed by atoms with van der Waals surface area (Å²) in [7, 11) is 0. The molecule has 26 heavy (non-hydrogen) atoms. The van der Waals surface area contributed by atoms with Crippen molar-refractivity contribution in [2.75, 3.05) is 5.75 Å². The molecule has 5 rings (SSSR count). The number of para-hydroxylation sites is 1. The Morgan fingerprint density at radius 2 is 1.81 bits per heavy atom. The number of pyridine rings is 1. The third kappa shape index (κ3) is 2.49. The molecular weight excluding hydrogens is 406 g/mol. The maximum atomic E-state index is 5.00. The number of aromatic nitrogens is 3. The summed E-state index contributed by atoms with van der Waals surface area (Å²) in [4.78, 5) is 6.32. The Hall–Kier alpha value is -2.11. The Balaban J connectivity index is 1.87. The van der Waals surface area contributed by atoms with Gasteiger partial charge >= 0.3 is 0 Å². The summed E-state index contributed by atoms with van der Waals surface area (Å²) in [6, 6.07) is 18.6. The molecule has 2 aromatic heterocycles. The molecular formula is C21H16BrN3S. The maximum Gasteiger partial charge on any atom is 0.164 e. The van der Waals surface area contributed by atoms with Crippen molar-refractivity contribution in [2.45, 2.75) is 18.2 Å². The number of thioether (sulfide) groups is 1. The van der Waals surface area contributed by atoms with Gasteiger partial charge in [-0.2, -0.15) is 5.10 Å². The standard InChI is InChI=1S/C21H16BrN3S/c1-13-17-11-12-26-20(17)18-19(14-7-9-15(22)10-8-14)24-25(21(18)23-13)16-5-3-2-4-6-16/h2-10H,11-12H2,1H3. The molecule has 0 saturated heterocycles. The first-order valence-electron chi connectivity index (χ1n) is 8.59. The highest BCUT2D eigenvalue weighted by molar-refractivity contribution is 9.10. The molecule has 0 spiro atoms. The zero-order valence-corrected chi connectivity index (χ0v) is 16.6. The second-order valence-electron chi connectivity index (χ2n) is 6.40. The Morgan fingerprint density at radius 1 is 1.04 bits per heavy atom. The highest BCUT2D eigenvalue weighted by atomic mass is 79.9. The molecule has 0 N–H and O–H groups in total. The monoisotopic (exact) mass is 421 g/mol. The molecule has 0 radical (unpaired) electrons. The zero-order valence-electron chi connectivity index (χ0n) is 14.2. The van der Waals surface area contributed by atoms with Crippen LogP contribution in [0.5, 0.6) is 0 Å². The van der Waals surface area contributed by atoms with Crippen LogP contribution in [0.4, 0.5) is 0 Å². The van der Waals surface area contributed by atoms with Gasteiger partial charge in [0.15, 0.2) is 5.65 Å². The summed E-state index contributed by atoms with van der Waals surface area (Å²) < 4.78 is 3.06. The van der Waals surface area contributed by atoms with E-state index in [1.54, 1.807) is 0 Å². The molecule has 0 amide bonds. The average Bonchev–Trinajstić information content (AvgIpc) is 3.28. The molecule has 5 heteroatoms. The topological polar surface area (TPSA) is 30.7 Å². The van der Waals surface area contributed by atoms with E-state index in [-0.39, 0.29) is 0 Å². The van der Waals surface area contributed by atoms with Gasteiger partial charge < -0.3 is 0 Å². The van der Waals surface area contributed by atoms with Crippen molar-refractivity contribution < 1.29 is 0 Å². The number of halogens is 1. The predicted molar refractivity (Wildman–Crippen MR) is 111 cm³/mol. The van der Waals surface area contributed by atoms with Gasteiger partial charge in [-0.3, -0.25) is 0 Å². The lowest BCUT2D eigenvalue weighted by atomic mass is 10.1. The molecule has 0 unspecified atom stereocenters. The number of benzene rings is 2. The first-order chi connectivity index (χ1) is 12.7. The molecule has 3 nitrogen and oxygen atoms in total. The van der Waals surface area contributed by atoms with Crippen LogP contribution in [0.15, 0.2) is 64.0 Å². The lowest BCUT2D eigenvalue weighted by Crippen LogP contribution is -1.99. The lowest BCUT2D eigenvalue weighted by Gasteiger charge is -2.07. The molecule has 3 heterocycles.